The Bertz CT molecular complexity index is 508. The highest BCUT2D eigenvalue weighted by molar-refractivity contribution is 5.76. The monoisotopic (exact) mass is 296 g/mol. The lowest BCUT2D eigenvalue weighted by Crippen LogP contribution is -2.27. The molecule has 0 spiro atoms. The highest BCUT2D eigenvalue weighted by Gasteiger charge is 2.21. The normalized spacial score (nSPS) is 10.0. The molecule has 1 rings (SSSR count). The van der Waals surface area contributed by atoms with E-state index in [0.29, 0.717) is 19.0 Å². The van der Waals surface area contributed by atoms with Gasteiger partial charge in [0.15, 0.2) is 0 Å². The molecule has 1 aromatic rings. The molecular formula is C12H20N6O3. The van der Waals surface area contributed by atoms with Crippen molar-refractivity contribution >= 4 is 23.4 Å². The number of hydrogen-bond acceptors (Lipinski definition) is 7. The molecule has 0 saturated carbocycles. The van der Waals surface area contributed by atoms with Gasteiger partial charge < -0.3 is 15.5 Å². The molecule has 0 saturated heterocycles. The van der Waals surface area contributed by atoms with Crippen molar-refractivity contribution in [2.75, 3.05) is 37.4 Å². The van der Waals surface area contributed by atoms with E-state index in [9.17, 15) is 14.9 Å². The summed E-state index contributed by atoms with van der Waals surface area (Å²) in [5.41, 5.74) is -0.184. The Hall–Kier alpha value is -2.45. The van der Waals surface area contributed by atoms with Gasteiger partial charge in [0.05, 0.1) is 4.92 Å². The van der Waals surface area contributed by atoms with Crippen molar-refractivity contribution < 1.29 is 9.72 Å². The number of aromatic nitrogens is 2. The van der Waals surface area contributed by atoms with Crippen LogP contribution in [0.3, 0.4) is 0 Å². The summed E-state index contributed by atoms with van der Waals surface area (Å²) in [6.45, 7) is 3.00. The van der Waals surface area contributed by atoms with Crippen molar-refractivity contribution in [3.05, 3.63) is 16.3 Å². The van der Waals surface area contributed by atoms with Crippen molar-refractivity contribution in [2.45, 2.75) is 19.8 Å². The maximum absolute atomic E-state index is 11.3. The summed E-state index contributed by atoms with van der Waals surface area (Å²) in [5, 5.41) is 16.5. The molecule has 9 heteroatoms. The molecule has 21 heavy (non-hydrogen) atoms. The van der Waals surface area contributed by atoms with Gasteiger partial charge in [0, 0.05) is 33.6 Å². The van der Waals surface area contributed by atoms with Gasteiger partial charge in [0.25, 0.3) is 0 Å². The van der Waals surface area contributed by atoms with E-state index >= 15 is 0 Å². The standard InChI is InChI=1S/C12H20N6O3/c1-4-6-14-12-15-8-9(18(20)21)11(16-12)17(3)7-5-10(19)13-2/h8H,4-7H2,1-3H3,(H,13,19)(H,14,15,16). The number of anilines is 2. The number of carbonyl (C=O) groups excluding carboxylic acids is 1. The summed E-state index contributed by atoms with van der Waals surface area (Å²) in [6, 6.07) is 0. The van der Waals surface area contributed by atoms with E-state index in [1.165, 1.54) is 6.20 Å². The zero-order valence-corrected chi connectivity index (χ0v) is 12.4. The second-order valence-corrected chi connectivity index (χ2v) is 4.43. The molecule has 0 radical (unpaired) electrons. The largest absolute Gasteiger partial charge is 0.359 e. The summed E-state index contributed by atoms with van der Waals surface area (Å²) in [6.07, 6.45) is 2.30. The SMILES string of the molecule is CCCNc1ncc([N+](=O)[O-])c(N(C)CCC(=O)NC)n1. The van der Waals surface area contributed by atoms with E-state index in [-0.39, 0.29) is 23.8 Å². The molecule has 0 aliphatic carbocycles. The first-order valence-corrected chi connectivity index (χ1v) is 6.66. The number of amides is 1. The Balaban J connectivity index is 2.93. The first-order valence-electron chi connectivity index (χ1n) is 6.66. The summed E-state index contributed by atoms with van der Waals surface area (Å²) in [5.74, 6) is 0.393. The minimum atomic E-state index is -0.532. The molecule has 116 valence electrons. The summed E-state index contributed by atoms with van der Waals surface area (Å²) >= 11 is 0. The van der Waals surface area contributed by atoms with Crippen molar-refractivity contribution in [1.82, 2.24) is 15.3 Å². The van der Waals surface area contributed by atoms with E-state index in [1.807, 2.05) is 6.92 Å². The van der Waals surface area contributed by atoms with Crippen molar-refractivity contribution in [3.63, 3.8) is 0 Å². The van der Waals surface area contributed by atoms with Crippen molar-refractivity contribution in [1.29, 1.82) is 0 Å². The first-order chi connectivity index (χ1) is 9.99. The van der Waals surface area contributed by atoms with E-state index in [0.717, 1.165) is 6.42 Å². The minimum Gasteiger partial charge on any atom is -0.359 e. The Labute approximate surface area is 122 Å². The van der Waals surface area contributed by atoms with Crippen LogP contribution in [0.15, 0.2) is 6.20 Å². The lowest BCUT2D eigenvalue weighted by atomic mass is 10.3. The van der Waals surface area contributed by atoms with Gasteiger partial charge in [0.2, 0.25) is 17.7 Å². The van der Waals surface area contributed by atoms with Crippen LogP contribution in [0.1, 0.15) is 19.8 Å². The number of nitrogens with zero attached hydrogens (tertiary/aromatic N) is 4. The number of carbonyl (C=O) groups is 1. The summed E-state index contributed by atoms with van der Waals surface area (Å²) < 4.78 is 0. The highest BCUT2D eigenvalue weighted by atomic mass is 16.6. The van der Waals surface area contributed by atoms with Crippen molar-refractivity contribution in [2.24, 2.45) is 0 Å². The predicted octanol–water partition coefficient (Wildman–Crippen LogP) is 0.779. The Morgan fingerprint density at radius 3 is 2.81 bits per heavy atom. The average molecular weight is 296 g/mol. The molecule has 1 aromatic heterocycles. The van der Waals surface area contributed by atoms with Crippen LogP contribution < -0.4 is 15.5 Å². The van der Waals surface area contributed by atoms with E-state index in [4.69, 9.17) is 0 Å². The van der Waals surface area contributed by atoms with Crippen LogP contribution in [0.4, 0.5) is 17.5 Å². The second-order valence-electron chi connectivity index (χ2n) is 4.43. The average Bonchev–Trinajstić information content (AvgIpc) is 2.49. The first kappa shape index (κ1) is 16.6. The van der Waals surface area contributed by atoms with Crippen LogP contribution in [0.2, 0.25) is 0 Å². The lowest BCUT2D eigenvalue weighted by Gasteiger charge is -2.18. The summed E-state index contributed by atoms with van der Waals surface area (Å²) in [4.78, 5) is 31.4. The molecule has 0 aliphatic rings. The number of nitrogens with one attached hydrogen (secondary N) is 2. The van der Waals surface area contributed by atoms with Crippen LogP contribution in [0, 0.1) is 10.1 Å². The quantitative estimate of drug-likeness (QED) is 0.538. The van der Waals surface area contributed by atoms with Gasteiger partial charge in [-0.15, -0.1) is 0 Å². The highest BCUT2D eigenvalue weighted by Crippen LogP contribution is 2.25. The van der Waals surface area contributed by atoms with Gasteiger partial charge >= 0.3 is 5.69 Å². The predicted molar refractivity (Wildman–Crippen MR) is 79.4 cm³/mol. The molecule has 1 heterocycles. The van der Waals surface area contributed by atoms with Crippen LogP contribution in [0.25, 0.3) is 0 Å². The Morgan fingerprint density at radius 2 is 2.24 bits per heavy atom. The molecule has 1 amide bonds. The molecule has 2 N–H and O–H groups in total. The smallest absolute Gasteiger partial charge is 0.329 e. The maximum Gasteiger partial charge on any atom is 0.329 e. The molecule has 0 unspecified atom stereocenters. The fourth-order valence-electron chi connectivity index (χ4n) is 1.60. The van der Waals surface area contributed by atoms with Gasteiger partial charge in [-0.2, -0.15) is 4.98 Å². The third-order valence-corrected chi connectivity index (χ3v) is 2.79. The molecule has 0 bridgehead atoms. The lowest BCUT2D eigenvalue weighted by molar-refractivity contribution is -0.384. The maximum atomic E-state index is 11.3. The van der Waals surface area contributed by atoms with E-state index in [1.54, 1.807) is 19.0 Å². The molecule has 0 fully saturated rings. The van der Waals surface area contributed by atoms with E-state index < -0.39 is 4.92 Å². The third-order valence-electron chi connectivity index (χ3n) is 2.79. The van der Waals surface area contributed by atoms with Gasteiger partial charge in [-0.05, 0) is 6.42 Å². The topological polar surface area (TPSA) is 113 Å². The zero-order valence-electron chi connectivity index (χ0n) is 12.4. The summed E-state index contributed by atoms with van der Waals surface area (Å²) in [7, 11) is 3.20. The molecule has 0 aromatic carbocycles. The van der Waals surface area contributed by atoms with E-state index in [2.05, 4.69) is 20.6 Å². The fourth-order valence-corrected chi connectivity index (χ4v) is 1.60. The molecule has 9 nitrogen and oxygen atoms in total. The molecule has 0 aliphatic heterocycles. The molecule has 0 atom stereocenters. The van der Waals surface area contributed by atoms with Crippen molar-refractivity contribution in [3.8, 4) is 0 Å². The zero-order chi connectivity index (χ0) is 15.8. The fraction of sp³-hybridized carbons (Fsp3) is 0.583. The third kappa shape index (κ3) is 4.86. The van der Waals surface area contributed by atoms with Crippen LogP contribution in [-0.2, 0) is 4.79 Å². The van der Waals surface area contributed by atoms with Crippen LogP contribution in [-0.4, -0.2) is 48.0 Å². The number of nitro groups is 1. The van der Waals surface area contributed by atoms with Gasteiger partial charge in [-0.3, -0.25) is 14.9 Å². The Morgan fingerprint density at radius 1 is 1.52 bits per heavy atom. The van der Waals surface area contributed by atoms with Gasteiger partial charge in [0.1, 0.15) is 6.20 Å². The van der Waals surface area contributed by atoms with Crippen LogP contribution >= 0.6 is 0 Å². The second kappa shape index (κ2) is 7.98. The number of hydrogen-bond donors (Lipinski definition) is 2. The van der Waals surface area contributed by atoms with Gasteiger partial charge in [-0.1, -0.05) is 6.92 Å². The Kier molecular flexibility index (Phi) is 6.31. The van der Waals surface area contributed by atoms with Gasteiger partial charge in [-0.25, -0.2) is 4.98 Å². The number of rotatable bonds is 8. The van der Waals surface area contributed by atoms with Crippen LogP contribution in [0.5, 0.6) is 0 Å². The minimum absolute atomic E-state index is 0.136. The molecular weight excluding hydrogens is 276 g/mol.